The van der Waals surface area contributed by atoms with Gasteiger partial charge in [-0.25, -0.2) is 39.9 Å². The van der Waals surface area contributed by atoms with E-state index in [0.717, 1.165) is 116 Å². The van der Waals surface area contributed by atoms with Gasteiger partial charge >= 0.3 is 0 Å². The molecular weight excluding hydrogens is 1270 g/mol. The minimum atomic E-state index is -0.113. The number of thiazole rings is 6. The molecule has 23 nitrogen and oxygen atoms in total. The number of aromatic amines is 3. The van der Waals surface area contributed by atoms with Gasteiger partial charge in [0.05, 0.1) is 18.6 Å². The summed E-state index contributed by atoms with van der Waals surface area (Å²) in [5, 5.41) is 50.1. The maximum atomic E-state index is 12.7. The number of nitrogens with one attached hydrogen (secondary N) is 4. The number of fused-ring (bicyclic) bond motifs is 7. The van der Waals surface area contributed by atoms with Crippen LogP contribution in [0.5, 0.6) is 11.5 Å². The first kappa shape index (κ1) is 57.3. The summed E-state index contributed by atoms with van der Waals surface area (Å²) in [7, 11) is 4.36. The maximum absolute atomic E-state index is 12.7. The summed E-state index contributed by atoms with van der Waals surface area (Å²) in [5.74, 6) is 2.19. The lowest BCUT2D eigenvalue weighted by Gasteiger charge is -2.54. The van der Waals surface area contributed by atoms with E-state index in [2.05, 4.69) is 79.6 Å². The SMILES string of the molecule is CN(c1nc2sc(-n3ccc(-c4cn[nH]c4)cc3=O)nc2s1)C1C[C@H]2CC[C@@H](C1)N2.CN1CCC2(CC1)CN(c1nc3sc(-c4ncc(-c5cn[nH]c5)cc4O)nc3s1)C2.Oc1cc(-c2cn[nH]c2)cnc1-c1nc2sc(N3CC4(CC5CCC(C5)C4)C3)nc2s1. The summed E-state index contributed by atoms with van der Waals surface area (Å²) in [4.78, 5) is 65.3. The number of anilines is 3. The van der Waals surface area contributed by atoms with Crippen LogP contribution < -0.4 is 25.6 Å². The molecule has 91 heavy (non-hydrogen) atoms. The predicted molar refractivity (Wildman–Crippen MR) is 361 cm³/mol. The van der Waals surface area contributed by atoms with E-state index in [9.17, 15) is 15.0 Å². The van der Waals surface area contributed by atoms with Crippen molar-refractivity contribution in [2.45, 2.75) is 88.8 Å². The van der Waals surface area contributed by atoms with Crippen molar-refractivity contribution in [3.05, 3.63) is 90.4 Å². The first-order valence-electron chi connectivity index (χ1n) is 31.0. The van der Waals surface area contributed by atoms with Crippen LogP contribution in [0, 0.1) is 22.7 Å². The molecular formula is C62H64N20O3S6. The van der Waals surface area contributed by atoms with Gasteiger partial charge in [0, 0.05) is 133 Å². The van der Waals surface area contributed by atoms with Gasteiger partial charge in [-0.1, -0.05) is 80.9 Å². The van der Waals surface area contributed by atoms with E-state index in [4.69, 9.17) is 29.9 Å². The van der Waals surface area contributed by atoms with Crippen molar-refractivity contribution in [2.24, 2.45) is 22.7 Å². The highest BCUT2D eigenvalue weighted by atomic mass is 32.1. The van der Waals surface area contributed by atoms with Crippen molar-refractivity contribution in [1.29, 1.82) is 0 Å². The van der Waals surface area contributed by atoms with Gasteiger partial charge in [0.2, 0.25) is 0 Å². The normalized spacial score (nSPS) is 22.2. The third-order valence-electron chi connectivity index (χ3n) is 19.7. The highest BCUT2D eigenvalue weighted by molar-refractivity contribution is 7.30. The Morgan fingerprint density at radius 3 is 1.55 bits per heavy atom. The third-order valence-corrected chi connectivity index (χ3v) is 26.0. The predicted octanol–water partition coefficient (Wildman–Crippen LogP) is 11.4. The molecule has 2 saturated carbocycles. The van der Waals surface area contributed by atoms with E-state index >= 15 is 0 Å². The van der Waals surface area contributed by atoms with E-state index in [1.54, 1.807) is 113 Å². The summed E-state index contributed by atoms with van der Waals surface area (Å²) < 4.78 is 1.58. The zero-order chi connectivity index (χ0) is 61.1. The van der Waals surface area contributed by atoms with Gasteiger partial charge < -0.3 is 35.1 Å². The van der Waals surface area contributed by atoms with Crippen molar-refractivity contribution >= 4 is 112 Å². The lowest BCUT2D eigenvalue weighted by atomic mass is 9.65. The molecule has 29 heteroatoms. The van der Waals surface area contributed by atoms with Crippen molar-refractivity contribution < 1.29 is 10.2 Å². The molecule has 2 spiro atoms. The third kappa shape index (κ3) is 11.0. The minimum absolute atomic E-state index is 0.113. The lowest BCUT2D eigenvalue weighted by Crippen LogP contribution is -2.60. The summed E-state index contributed by atoms with van der Waals surface area (Å²) in [6, 6.07) is 8.75. The Morgan fingerprint density at radius 1 is 0.549 bits per heavy atom. The molecule has 2 aliphatic carbocycles. The van der Waals surface area contributed by atoms with Crippen LogP contribution in [-0.4, -0.2) is 162 Å². The van der Waals surface area contributed by atoms with Gasteiger partial charge in [0.1, 0.15) is 32.9 Å². The molecule has 5 aliphatic heterocycles. The molecule has 466 valence electrons. The monoisotopic (exact) mass is 1330 g/mol. The van der Waals surface area contributed by atoms with Crippen LogP contribution in [0.3, 0.4) is 0 Å². The summed E-state index contributed by atoms with van der Waals surface area (Å²) in [5.41, 5.74) is 7.04. The van der Waals surface area contributed by atoms with Crippen LogP contribution in [0.4, 0.5) is 15.4 Å². The topological polar surface area (TPSA) is 277 Å². The van der Waals surface area contributed by atoms with Gasteiger partial charge in [-0.3, -0.25) is 24.7 Å². The Morgan fingerprint density at radius 2 is 1.04 bits per heavy atom. The molecule has 0 radical (unpaired) electrons. The summed E-state index contributed by atoms with van der Waals surface area (Å²) >= 11 is 9.35. The van der Waals surface area contributed by atoms with Crippen molar-refractivity contribution in [3.8, 4) is 71.4 Å². The van der Waals surface area contributed by atoms with Gasteiger partial charge in [-0.05, 0) is 114 Å². The fraction of sp³-hybridized carbons (Fsp3) is 0.419. The molecule has 19 rings (SSSR count). The fourth-order valence-corrected chi connectivity index (χ4v) is 21.2. The average molecular weight is 1330 g/mol. The minimum Gasteiger partial charge on any atom is -0.506 e. The van der Waals surface area contributed by atoms with Crippen LogP contribution in [0.1, 0.15) is 70.6 Å². The Hall–Kier alpha value is -7.64. The Balaban J connectivity index is 0.000000105. The molecule has 4 bridgehead atoms. The Bertz CT molecular complexity index is 4540. The van der Waals surface area contributed by atoms with Gasteiger partial charge in [0.25, 0.3) is 5.56 Å². The molecule has 0 amide bonds. The van der Waals surface area contributed by atoms with Crippen LogP contribution in [-0.2, 0) is 0 Å². The first-order chi connectivity index (χ1) is 44.4. The van der Waals surface area contributed by atoms with Crippen LogP contribution in [0.2, 0.25) is 0 Å². The van der Waals surface area contributed by atoms with E-state index in [1.165, 1.54) is 118 Å². The standard InChI is InChI=1S/C22H22N6OS2.2C20H21N7OS2/c29-16-4-14(15-8-24-25-9-15)7-23-17(16)18-26-19-20(30-18)27-21(31-19)28-10-22(11-28)5-12-1-2-13(3-12)6-22;1-26-4-2-20(3-5-26)10-27(11-20)19-25-18-17(30-19)24-16(29-18)15-14(28)6-12(7-21-15)13-8-22-23-9-13;1-26(15-7-13-2-3-14(8-15)23-13)19-24-17-18(29-19)25-20(30-17)27-5-4-11(6-16(27)28)12-9-21-22-10-12/h4,7-9,12-13,29H,1-3,5-6,10-11H2,(H,24,25);6-9,28H,2-5,10-11H2,1H3,(H,22,23);4-6,9-10,13-15,23H,2-3,7-8H2,1H3,(H,21,22)/t;;13-,14+,15?. The van der Waals surface area contributed by atoms with Crippen molar-refractivity contribution in [1.82, 2.24) is 85.2 Å². The molecule has 12 aromatic rings. The number of aromatic nitrogens is 15. The number of pyridine rings is 3. The second kappa shape index (κ2) is 22.9. The number of H-pyrrole nitrogens is 3. The number of piperidine rings is 2. The zero-order valence-electron chi connectivity index (χ0n) is 49.8. The van der Waals surface area contributed by atoms with Crippen molar-refractivity contribution in [2.75, 3.05) is 68.1 Å². The molecule has 5 saturated heterocycles. The van der Waals surface area contributed by atoms with Crippen LogP contribution >= 0.6 is 68.0 Å². The number of nitrogens with zero attached hydrogens (tertiary/aromatic N) is 16. The van der Waals surface area contributed by atoms with Gasteiger partial charge in [0.15, 0.2) is 49.5 Å². The van der Waals surface area contributed by atoms with E-state index in [1.807, 2.05) is 6.07 Å². The number of hydrogen-bond acceptors (Lipinski definition) is 25. The van der Waals surface area contributed by atoms with Crippen LogP contribution in [0.15, 0.2) is 84.8 Å². The quantitative estimate of drug-likeness (QED) is 0.0742. The van der Waals surface area contributed by atoms with E-state index in [-0.39, 0.29) is 17.1 Å². The molecule has 0 aromatic carbocycles. The Labute approximate surface area is 545 Å². The van der Waals surface area contributed by atoms with Gasteiger partial charge in [-0.15, -0.1) is 0 Å². The number of aromatic hydroxyl groups is 2. The number of hydrogen-bond donors (Lipinski definition) is 6. The van der Waals surface area contributed by atoms with Crippen molar-refractivity contribution in [3.63, 3.8) is 0 Å². The smallest absolute Gasteiger partial charge is 0.257 e. The van der Waals surface area contributed by atoms with Gasteiger partial charge in [-0.2, -0.15) is 15.3 Å². The summed E-state index contributed by atoms with van der Waals surface area (Å²) in [6.45, 7) is 6.92. The molecule has 7 aliphatic rings. The molecule has 7 fully saturated rings. The molecule has 6 N–H and O–H groups in total. The maximum Gasteiger partial charge on any atom is 0.257 e. The first-order valence-corrected chi connectivity index (χ1v) is 35.9. The Kier molecular flexibility index (Phi) is 14.4. The number of likely N-dealkylation sites (tertiary alicyclic amines) is 1. The zero-order valence-corrected chi connectivity index (χ0v) is 54.7. The molecule has 12 aromatic heterocycles. The highest BCUT2D eigenvalue weighted by Gasteiger charge is 2.51. The summed E-state index contributed by atoms with van der Waals surface area (Å²) in [6.07, 6.45) is 30.4. The van der Waals surface area contributed by atoms with E-state index < -0.39 is 0 Å². The number of rotatable bonds is 10. The van der Waals surface area contributed by atoms with E-state index in [0.29, 0.717) is 55.5 Å². The largest absolute Gasteiger partial charge is 0.506 e. The molecule has 3 unspecified atom stereocenters. The average Bonchev–Trinajstić information content (AvgIpc) is 1.73. The second-order valence-corrected chi connectivity index (χ2v) is 31.7. The molecule has 5 atom stereocenters. The second-order valence-electron chi connectivity index (χ2n) is 26.0. The fourth-order valence-electron chi connectivity index (χ4n) is 15.0. The highest BCUT2D eigenvalue weighted by Crippen LogP contribution is 2.56. The molecule has 17 heterocycles. The van der Waals surface area contributed by atoms with Crippen LogP contribution in [0.25, 0.3) is 88.9 Å². The lowest BCUT2D eigenvalue weighted by molar-refractivity contribution is 0.0906.